The monoisotopic (exact) mass is 235 g/mol. The van der Waals surface area contributed by atoms with Gasteiger partial charge in [0.1, 0.15) is 0 Å². The second-order valence-electron chi connectivity index (χ2n) is 3.08. The fourth-order valence-electron chi connectivity index (χ4n) is 0.954. The van der Waals surface area contributed by atoms with Crippen molar-refractivity contribution in [1.29, 1.82) is 0 Å². The molecule has 0 aliphatic carbocycles. The van der Waals surface area contributed by atoms with Crippen LogP contribution >= 0.6 is 11.8 Å². The molecule has 0 N–H and O–H groups in total. The zero-order valence-corrected chi connectivity index (χ0v) is 9.16. The van der Waals surface area contributed by atoms with Gasteiger partial charge < -0.3 is 0 Å². The number of hydrogen-bond acceptors (Lipinski definition) is 2. The maximum absolute atomic E-state index is 12.2. The van der Waals surface area contributed by atoms with Crippen molar-refractivity contribution in [3.05, 3.63) is 23.9 Å². The number of rotatable bonds is 4. The first-order valence-electron chi connectivity index (χ1n) is 4.70. The zero-order chi connectivity index (χ0) is 11.3. The highest BCUT2D eigenvalue weighted by atomic mass is 32.2. The highest BCUT2D eigenvalue weighted by Gasteiger charge is 2.30. The first-order chi connectivity index (χ1) is 7.04. The van der Waals surface area contributed by atoms with Crippen molar-refractivity contribution in [3.8, 4) is 0 Å². The van der Waals surface area contributed by atoms with E-state index in [1.165, 1.54) is 17.8 Å². The summed E-state index contributed by atoms with van der Waals surface area (Å²) in [6.45, 7) is 2.07. The summed E-state index contributed by atoms with van der Waals surface area (Å²) in [5.41, 5.74) is -0.692. The summed E-state index contributed by atoms with van der Waals surface area (Å²) < 4.78 is 36.5. The van der Waals surface area contributed by atoms with Crippen LogP contribution in [0.15, 0.2) is 23.4 Å². The SMILES string of the molecule is CCCCSc1ccc(C(F)(F)F)cn1. The molecule has 84 valence electrons. The van der Waals surface area contributed by atoms with E-state index in [0.29, 0.717) is 5.03 Å². The third-order valence-corrected chi connectivity index (χ3v) is 2.84. The molecule has 0 unspecified atom stereocenters. The molecule has 0 radical (unpaired) electrons. The van der Waals surface area contributed by atoms with Crippen molar-refractivity contribution in [1.82, 2.24) is 4.98 Å². The first kappa shape index (κ1) is 12.4. The van der Waals surface area contributed by atoms with Crippen LogP contribution in [0.3, 0.4) is 0 Å². The summed E-state index contributed by atoms with van der Waals surface area (Å²) in [6, 6.07) is 2.49. The predicted octanol–water partition coefficient (Wildman–Crippen LogP) is 3.99. The van der Waals surface area contributed by atoms with E-state index in [1.54, 1.807) is 0 Å². The minimum absolute atomic E-state index is 0.649. The molecule has 1 aromatic rings. The average Bonchev–Trinajstić information content (AvgIpc) is 2.18. The van der Waals surface area contributed by atoms with E-state index in [9.17, 15) is 13.2 Å². The summed E-state index contributed by atoms with van der Waals surface area (Å²) in [4.78, 5) is 3.76. The van der Waals surface area contributed by atoms with Crippen LogP contribution in [-0.2, 0) is 6.18 Å². The minimum atomic E-state index is -4.29. The lowest BCUT2D eigenvalue weighted by atomic mass is 10.3. The normalized spacial score (nSPS) is 11.7. The van der Waals surface area contributed by atoms with Gasteiger partial charge in [0, 0.05) is 6.20 Å². The van der Waals surface area contributed by atoms with Gasteiger partial charge in [-0.15, -0.1) is 11.8 Å². The second kappa shape index (κ2) is 5.39. The van der Waals surface area contributed by atoms with Crippen LogP contribution in [0.2, 0.25) is 0 Å². The Morgan fingerprint density at radius 2 is 2.07 bits per heavy atom. The van der Waals surface area contributed by atoms with E-state index >= 15 is 0 Å². The van der Waals surface area contributed by atoms with Crippen molar-refractivity contribution in [3.63, 3.8) is 0 Å². The molecule has 0 atom stereocenters. The maximum Gasteiger partial charge on any atom is 0.417 e. The number of nitrogens with zero attached hydrogens (tertiary/aromatic N) is 1. The van der Waals surface area contributed by atoms with Gasteiger partial charge in [0.15, 0.2) is 0 Å². The van der Waals surface area contributed by atoms with E-state index in [2.05, 4.69) is 11.9 Å². The maximum atomic E-state index is 12.2. The van der Waals surface area contributed by atoms with E-state index in [0.717, 1.165) is 30.9 Å². The van der Waals surface area contributed by atoms with Crippen LogP contribution < -0.4 is 0 Å². The third kappa shape index (κ3) is 4.11. The number of aromatic nitrogens is 1. The van der Waals surface area contributed by atoms with Gasteiger partial charge in [0.2, 0.25) is 0 Å². The fourth-order valence-corrected chi connectivity index (χ4v) is 1.89. The van der Waals surface area contributed by atoms with Crippen molar-refractivity contribution in [2.75, 3.05) is 5.75 Å². The molecule has 1 heterocycles. The number of pyridine rings is 1. The minimum Gasteiger partial charge on any atom is -0.249 e. The van der Waals surface area contributed by atoms with Gasteiger partial charge in [-0.05, 0) is 24.3 Å². The summed E-state index contributed by atoms with van der Waals surface area (Å²) in [5.74, 6) is 0.898. The second-order valence-corrected chi connectivity index (χ2v) is 4.20. The van der Waals surface area contributed by atoms with Gasteiger partial charge >= 0.3 is 6.18 Å². The largest absolute Gasteiger partial charge is 0.417 e. The highest BCUT2D eigenvalue weighted by molar-refractivity contribution is 7.99. The van der Waals surface area contributed by atoms with Gasteiger partial charge in [0.05, 0.1) is 10.6 Å². The topological polar surface area (TPSA) is 12.9 Å². The van der Waals surface area contributed by atoms with E-state index < -0.39 is 11.7 Å². The van der Waals surface area contributed by atoms with Crippen LogP contribution in [0.25, 0.3) is 0 Å². The Labute approximate surface area is 91.1 Å². The summed E-state index contributed by atoms with van der Waals surface area (Å²) in [6.07, 6.45) is -1.28. The third-order valence-electron chi connectivity index (χ3n) is 1.81. The average molecular weight is 235 g/mol. The molecule has 1 aromatic heterocycles. The number of unbranched alkanes of at least 4 members (excludes halogenated alkanes) is 1. The Hall–Kier alpha value is -0.710. The Kier molecular flexibility index (Phi) is 4.45. The molecule has 0 amide bonds. The molecule has 15 heavy (non-hydrogen) atoms. The lowest BCUT2D eigenvalue weighted by Gasteiger charge is -2.06. The molecule has 0 spiro atoms. The Morgan fingerprint density at radius 1 is 1.33 bits per heavy atom. The molecule has 0 bridgehead atoms. The lowest BCUT2D eigenvalue weighted by molar-refractivity contribution is -0.137. The lowest BCUT2D eigenvalue weighted by Crippen LogP contribution is -2.05. The van der Waals surface area contributed by atoms with Crippen LogP contribution in [0.4, 0.5) is 13.2 Å². The van der Waals surface area contributed by atoms with Crippen LogP contribution in [0.5, 0.6) is 0 Å². The molecule has 5 heteroatoms. The molecule has 1 nitrogen and oxygen atoms in total. The van der Waals surface area contributed by atoms with Crippen LogP contribution in [0, 0.1) is 0 Å². The summed E-state index contributed by atoms with van der Waals surface area (Å²) >= 11 is 1.49. The number of thioether (sulfide) groups is 1. The Bertz CT molecular complexity index is 295. The first-order valence-corrected chi connectivity index (χ1v) is 5.68. The zero-order valence-electron chi connectivity index (χ0n) is 8.34. The Morgan fingerprint density at radius 3 is 2.53 bits per heavy atom. The molecule has 1 rings (SSSR count). The summed E-state index contributed by atoms with van der Waals surface area (Å²) in [5, 5.41) is 0.649. The van der Waals surface area contributed by atoms with Gasteiger partial charge in [-0.25, -0.2) is 4.98 Å². The molecule has 0 aliphatic rings. The fraction of sp³-hybridized carbons (Fsp3) is 0.500. The van der Waals surface area contributed by atoms with Crippen molar-refractivity contribution in [2.45, 2.75) is 31.0 Å². The number of alkyl halides is 3. The molecular weight excluding hydrogens is 223 g/mol. The molecular formula is C10H12F3NS. The quantitative estimate of drug-likeness (QED) is 0.578. The van der Waals surface area contributed by atoms with Crippen molar-refractivity contribution in [2.24, 2.45) is 0 Å². The number of hydrogen-bond donors (Lipinski definition) is 0. The van der Waals surface area contributed by atoms with Crippen molar-refractivity contribution < 1.29 is 13.2 Å². The molecule has 0 saturated carbocycles. The van der Waals surface area contributed by atoms with Crippen LogP contribution in [-0.4, -0.2) is 10.7 Å². The van der Waals surface area contributed by atoms with Crippen LogP contribution in [0.1, 0.15) is 25.3 Å². The molecule has 0 aromatic carbocycles. The standard InChI is InChI=1S/C10H12F3NS/c1-2-3-6-15-9-5-4-8(7-14-9)10(11,12)13/h4-5,7H,2-3,6H2,1H3. The number of halogens is 3. The van der Waals surface area contributed by atoms with Crippen molar-refractivity contribution >= 4 is 11.8 Å². The van der Waals surface area contributed by atoms with Gasteiger partial charge in [-0.2, -0.15) is 13.2 Å². The van der Waals surface area contributed by atoms with Gasteiger partial charge in [0.25, 0.3) is 0 Å². The summed E-state index contributed by atoms with van der Waals surface area (Å²) in [7, 11) is 0. The Balaban J connectivity index is 2.57. The molecule has 0 fully saturated rings. The smallest absolute Gasteiger partial charge is 0.249 e. The van der Waals surface area contributed by atoms with Gasteiger partial charge in [-0.3, -0.25) is 0 Å². The molecule has 0 saturated heterocycles. The van der Waals surface area contributed by atoms with Gasteiger partial charge in [-0.1, -0.05) is 13.3 Å². The van der Waals surface area contributed by atoms with E-state index in [1.807, 2.05) is 0 Å². The highest BCUT2D eigenvalue weighted by Crippen LogP contribution is 2.29. The van der Waals surface area contributed by atoms with E-state index in [4.69, 9.17) is 0 Å². The molecule has 0 aliphatic heterocycles. The predicted molar refractivity (Wildman–Crippen MR) is 54.9 cm³/mol. The van der Waals surface area contributed by atoms with E-state index in [-0.39, 0.29) is 0 Å².